The largest absolute Gasteiger partial charge is 0.379 e. The van der Waals surface area contributed by atoms with E-state index in [1.54, 1.807) is 13.8 Å². The van der Waals surface area contributed by atoms with E-state index < -0.39 is 5.91 Å². The fourth-order valence-corrected chi connectivity index (χ4v) is 1.61. The van der Waals surface area contributed by atoms with Crippen molar-refractivity contribution in [2.75, 3.05) is 5.32 Å². The number of carbonyl (C=O) groups excluding carboxylic acids is 1. The number of hydrogen-bond acceptors (Lipinski definition) is 4. The molecule has 0 aromatic carbocycles. The summed E-state index contributed by atoms with van der Waals surface area (Å²) in [5, 5.41) is 6.92. The lowest BCUT2D eigenvalue weighted by molar-refractivity contribution is -0.118. The van der Waals surface area contributed by atoms with Crippen LogP contribution in [-0.2, 0) is 11.3 Å². The van der Waals surface area contributed by atoms with Gasteiger partial charge in [-0.3, -0.25) is 9.59 Å². The molecule has 1 atom stereocenters. The number of aryl methyl sites for hydroxylation is 1. The molecule has 0 fully saturated rings. The molecule has 3 N–H and O–H groups in total. The Balaban J connectivity index is 2.90. The van der Waals surface area contributed by atoms with Gasteiger partial charge in [-0.1, -0.05) is 11.6 Å². The zero-order valence-corrected chi connectivity index (χ0v) is 10.5. The fourth-order valence-electron chi connectivity index (χ4n) is 1.41. The molecule has 1 heterocycles. The van der Waals surface area contributed by atoms with E-state index in [0.717, 1.165) is 0 Å². The number of hydrogen-bond donors (Lipinski definition) is 2. The van der Waals surface area contributed by atoms with Crippen LogP contribution in [0.25, 0.3) is 0 Å². The third-order valence-electron chi connectivity index (χ3n) is 2.19. The smallest absolute Gasteiger partial charge is 0.287 e. The number of nitrogens with zero attached hydrogens (tertiary/aromatic N) is 2. The van der Waals surface area contributed by atoms with Gasteiger partial charge in [0, 0.05) is 19.0 Å². The molecule has 1 aromatic rings. The lowest BCUT2D eigenvalue weighted by atomic mass is 10.2. The lowest BCUT2D eigenvalue weighted by Gasteiger charge is -2.14. The minimum absolute atomic E-state index is 0.0678. The molecule has 1 rings (SSSR count). The molecule has 0 aliphatic rings. The minimum Gasteiger partial charge on any atom is -0.379 e. The fraction of sp³-hybridized carbons (Fsp3) is 0.500. The van der Waals surface area contributed by atoms with Gasteiger partial charge in [0.05, 0.1) is 11.9 Å². The van der Waals surface area contributed by atoms with Gasteiger partial charge in [-0.05, 0) is 13.8 Å². The van der Waals surface area contributed by atoms with Crippen molar-refractivity contribution in [3.63, 3.8) is 0 Å². The van der Waals surface area contributed by atoms with E-state index in [1.807, 2.05) is 0 Å². The molecule has 0 radical (unpaired) electrons. The summed E-state index contributed by atoms with van der Waals surface area (Å²) in [7, 11) is 0. The predicted molar refractivity (Wildman–Crippen MR) is 66.1 cm³/mol. The molecule has 0 aliphatic heterocycles. The highest BCUT2D eigenvalue weighted by molar-refractivity contribution is 6.32. The summed E-state index contributed by atoms with van der Waals surface area (Å²) in [6, 6.07) is -0.205. The number of anilines is 1. The van der Waals surface area contributed by atoms with Crippen molar-refractivity contribution in [2.45, 2.75) is 32.9 Å². The third kappa shape index (κ3) is 3.45. The Kier molecular flexibility index (Phi) is 4.51. The summed E-state index contributed by atoms with van der Waals surface area (Å²) in [4.78, 5) is 22.4. The number of nitrogens with two attached hydrogens (primary N) is 1. The molecular weight excluding hydrogens is 244 g/mol. The first-order valence-corrected chi connectivity index (χ1v) is 5.64. The van der Waals surface area contributed by atoms with Crippen molar-refractivity contribution in [2.24, 2.45) is 5.73 Å². The maximum Gasteiger partial charge on any atom is 0.287 e. The second kappa shape index (κ2) is 5.67. The monoisotopic (exact) mass is 258 g/mol. The van der Waals surface area contributed by atoms with E-state index in [4.69, 9.17) is 17.3 Å². The summed E-state index contributed by atoms with van der Waals surface area (Å²) < 4.78 is 1.26. The van der Waals surface area contributed by atoms with Crippen LogP contribution in [0.3, 0.4) is 0 Å². The van der Waals surface area contributed by atoms with Crippen molar-refractivity contribution < 1.29 is 4.79 Å². The number of amides is 1. The number of halogens is 1. The number of primary amides is 1. The van der Waals surface area contributed by atoms with Crippen LogP contribution in [-0.4, -0.2) is 21.7 Å². The molecule has 94 valence electrons. The Morgan fingerprint density at radius 1 is 1.71 bits per heavy atom. The van der Waals surface area contributed by atoms with Crippen molar-refractivity contribution in [1.82, 2.24) is 9.78 Å². The summed E-state index contributed by atoms with van der Waals surface area (Å²) in [6.07, 6.45) is 1.62. The average molecular weight is 259 g/mol. The van der Waals surface area contributed by atoms with E-state index in [-0.39, 0.29) is 23.0 Å². The molecular formula is C10H15ClN4O2. The Morgan fingerprint density at radius 2 is 2.35 bits per heavy atom. The van der Waals surface area contributed by atoms with E-state index in [1.165, 1.54) is 10.9 Å². The molecule has 0 saturated heterocycles. The van der Waals surface area contributed by atoms with E-state index in [0.29, 0.717) is 12.2 Å². The van der Waals surface area contributed by atoms with E-state index in [9.17, 15) is 9.59 Å². The zero-order valence-electron chi connectivity index (χ0n) is 9.74. The normalized spacial score (nSPS) is 12.2. The van der Waals surface area contributed by atoms with Crippen LogP contribution in [0.4, 0.5) is 5.69 Å². The van der Waals surface area contributed by atoms with Crippen LogP contribution in [0.1, 0.15) is 20.3 Å². The van der Waals surface area contributed by atoms with Crippen LogP contribution in [0.2, 0.25) is 5.02 Å². The predicted octanol–water partition coefficient (Wildman–Crippen LogP) is 0.592. The van der Waals surface area contributed by atoms with Crippen LogP contribution < -0.4 is 16.6 Å². The van der Waals surface area contributed by atoms with Gasteiger partial charge >= 0.3 is 0 Å². The summed E-state index contributed by atoms with van der Waals surface area (Å²) in [5.41, 5.74) is 5.12. The molecule has 1 amide bonds. The quantitative estimate of drug-likeness (QED) is 0.809. The Hall–Kier alpha value is -1.56. The van der Waals surface area contributed by atoms with Gasteiger partial charge in [-0.2, -0.15) is 5.10 Å². The number of rotatable bonds is 5. The molecule has 0 saturated carbocycles. The lowest BCUT2D eigenvalue weighted by Crippen LogP contribution is -2.27. The van der Waals surface area contributed by atoms with Gasteiger partial charge in [-0.25, -0.2) is 4.68 Å². The highest BCUT2D eigenvalue weighted by Crippen LogP contribution is 2.16. The van der Waals surface area contributed by atoms with Crippen molar-refractivity contribution in [3.05, 3.63) is 21.6 Å². The van der Waals surface area contributed by atoms with Crippen molar-refractivity contribution >= 4 is 23.2 Å². The van der Waals surface area contributed by atoms with Crippen molar-refractivity contribution in [1.29, 1.82) is 0 Å². The first kappa shape index (κ1) is 13.5. The van der Waals surface area contributed by atoms with Crippen LogP contribution in [0.5, 0.6) is 0 Å². The Bertz CT molecular complexity index is 472. The van der Waals surface area contributed by atoms with Gasteiger partial charge in [0.2, 0.25) is 5.91 Å². The highest BCUT2D eigenvalue weighted by atomic mass is 35.5. The molecule has 17 heavy (non-hydrogen) atoms. The molecule has 0 spiro atoms. The van der Waals surface area contributed by atoms with E-state index >= 15 is 0 Å². The molecule has 6 nitrogen and oxygen atoms in total. The number of nitrogens with one attached hydrogen (secondary N) is 1. The van der Waals surface area contributed by atoms with Gasteiger partial charge in [0.15, 0.2) is 0 Å². The standard InChI is InChI=1S/C10H15ClN4O2/c1-3-15-10(17)9(11)7(5-13-15)14-6(2)4-8(12)16/h5-6,14H,3-4H2,1-2H3,(H2,12,16). The van der Waals surface area contributed by atoms with Crippen LogP contribution >= 0.6 is 11.6 Å². The topological polar surface area (TPSA) is 90.0 Å². The van der Waals surface area contributed by atoms with Gasteiger partial charge in [0.25, 0.3) is 5.56 Å². The second-order valence-electron chi connectivity index (χ2n) is 3.71. The molecule has 0 bridgehead atoms. The Labute approximate surface area is 104 Å². The molecule has 1 aromatic heterocycles. The number of aromatic nitrogens is 2. The summed E-state index contributed by atoms with van der Waals surface area (Å²) in [5.74, 6) is -0.420. The molecule has 1 unspecified atom stereocenters. The third-order valence-corrected chi connectivity index (χ3v) is 2.56. The van der Waals surface area contributed by atoms with Gasteiger partial charge in [0.1, 0.15) is 5.02 Å². The number of carbonyl (C=O) groups is 1. The zero-order chi connectivity index (χ0) is 13.0. The van der Waals surface area contributed by atoms with Crippen LogP contribution in [0.15, 0.2) is 11.0 Å². The Morgan fingerprint density at radius 3 is 2.88 bits per heavy atom. The summed E-state index contributed by atoms with van der Waals surface area (Å²) in [6.45, 7) is 4.02. The summed E-state index contributed by atoms with van der Waals surface area (Å²) >= 11 is 5.91. The minimum atomic E-state index is -0.420. The first-order chi connectivity index (χ1) is 7.95. The van der Waals surface area contributed by atoms with Gasteiger partial charge in [-0.15, -0.1) is 0 Å². The SMILES string of the molecule is CCn1ncc(NC(C)CC(N)=O)c(Cl)c1=O. The van der Waals surface area contributed by atoms with Crippen molar-refractivity contribution in [3.8, 4) is 0 Å². The second-order valence-corrected chi connectivity index (χ2v) is 4.09. The van der Waals surface area contributed by atoms with Crippen LogP contribution in [0, 0.1) is 0 Å². The molecule has 0 aliphatic carbocycles. The first-order valence-electron chi connectivity index (χ1n) is 5.26. The highest BCUT2D eigenvalue weighted by Gasteiger charge is 2.12. The maximum atomic E-state index is 11.7. The maximum absolute atomic E-state index is 11.7. The molecule has 7 heteroatoms. The van der Waals surface area contributed by atoms with E-state index in [2.05, 4.69) is 10.4 Å². The average Bonchev–Trinajstić information content (AvgIpc) is 2.24. The van der Waals surface area contributed by atoms with Gasteiger partial charge < -0.3 is 11.1 Å².